The van der Waals surface area contributed by atoms with Crippen molar-refractivity contribution in [3.63, 3.8) is 0 Å². The number of carbonyl (C=O) groups is 1. The number of anilines is 3. The molecule has 2 saturated heterocycles. The van der Waals surface area contributed by atoms with Gasteiger partial charge in [-0.3, -0.25) is 4.79 Å². The van der Waals surface area contributed by atoms with Crippen LogP contribution in [0.4, 0.5) is 30.2 Å². The maximum atomic E-state index is 13.2. The number of rotatable bonds is 6. The van der Waals surface area contributed by atoms with Gasteiger partial charge in [0.15, 0.2) is 0 Å². The molecule has 2 unspecified atom stereocenters. The number of hydrogen-bond acceptors (Lipinski definition) is 5. The summed E-state index contributed by atoms with van der Waals surface area (Å²) in [5.41, 5.74) is 7.56. The Hall–Kier alpha value is -2.94. The Morgan fingerprint density at radius 3 is 2.15 bits per heavy atom. The van der Waals surface area contributed by atoms with Gasteiger partial charge >= 0.3 is 6.18 Å². The Morgan fingerprint density at radius 2 is 1.57 bits per heavy atom. The third kappa shape index (κ3) is 6.51. The molecule has 9 heteroatoms. The molecule has 2 aliphatic heterocycles. The van der Waals surface area contributed by atoms with Gasteiger partial charge in [-0.2, -0.15) is 13.2 Å². The molecule has 2 aromatic rings. The van der Waals surface area contributed by atoms with Gasteiger partial charge in [0.25, 0.3) is 0 Å². The van der Waals surface area contributed by atoms with E-state index in [1.165, 1.54) is 17.3 Å². The topological polar surface area (TPSA) is 70.8 Å². The standard InChI is InChI=1S/C31H41F3N4O2/c1-30(2,3)22-4-9-25(10-5-22)37-15-20-17-38(18-21(20)16-37)29(39)19-40-26-11-6-23(7-12-26)36-24-8-13-28(35)27(14-24)31(32,33)34/h4-5,8-10,13-14,20-21,23,26,36H,6-7,11-12,15-19,35H2,1-3H3. The predicted octanol–water partition coefficient (Wildman–Crippen LogP) is 5.92. The molecular weight excluding hydrogens is 517 g/mol. The molecule has 0 spiro atoms. The summed E-state index contributed by atoms with van der Waals surface area (Å²) in [4.78, 5) is 17.3. The van der Waals surface area contributed by atoms with Crippen LogP contribution in [0.25, 0.3) is 0 Å². The van der Waals surface area contributed by atoms with Gasteiger partial charge in [-0.25, -0.2) is 0 Å². The van der Waals surface area contributed by atoms with Gasteiger partial charge in [-0.1, -0.05) is 32.9 Å². The van der Waals surface area contributed by atoms with Crippen LogP contribution in [-0.2, 0) is 21.1 Å². The fourth-order valence-corrected chi connectivity index (χ4v) is 6.36. The Bertz CT molecular complexity index is 1170. The maximum absolute atomic E-state index is 13.2. The van der Waals surface area contributed by atoms with Crippen molar-refractivity contribution in [2.75, 3.05) is 48.7 Å². The van der Waals surface area contributed by atoms with Crippen molar-refractivity contribution in [1.29, 1.82) is 0 Å². The average molecular weight is 559 g/mol. The zero-order valence-corrected chi connectivity index (χ0v) is 23.6. The first-order chi connectivity index (χ1) is 18.9. The van der Waals surface area contributed by atoms with Crippen LogP contribution in [0.3, 0.4) is 0 Å². The molecule has 0 radical (unpaired) electrons. The van der Waals surface area contributed by atoms with Crippen molar-refractivity contribution < 1.29 is 22.7 Å². The van der Waals surface area contributed by atoms with Crippen molar-refractivity contribution in [2.24, 2.45) is 11.8 Å². The quantitative estimate of drug-likeness (QED) is 0.431. The van der Waals surface area contributed by atoms with Gasteiger partial charge in [0, 0.05) is 61.1 Å². The lowest BCUT2D eigenvalue weighted by Gasteiger charge is -2.30. The van der Waals surface area contributed by atoms with Crippen LogP contribution >= 0.6 is 0 Å². The first-order valence-corrected chi connectivity index (χ1v) is 14.3. The van der Waals surface area contributed by atoms with E-state index in [1.54, 1.807) is 6.07 Å². The highest BCUT2D eigenvalue weighted by atomic mass is 19.4. The number of alkyl halides is 3. The molecule has 2 atom stereocenters. The fraction of sp³-hybridized carbons (Fsp3) is 0.581. The highest BCUT2D eigenvalue weighted by Gasteiger charge is 2.42. The van der Waals surface area contributed by atoms with E-state index < -0.39 is 11.7 Å². The molecule has 1 amide bonds. The second-order valence-electron chi connectivity index (χ2n) is 12.7. The predicted molar refractivity (Wildman–Crippen MR) is 152 cm³/mol. The summed E-state index contributed by atoms with van der Waals surface area (Å²) in [6.45, 7) is 10.3. The average Bonchev–Trinajstić information content (AvgIpc) is 3.48. The normalized spacial score (nSPS) is 25.2. The Labute approximate surface area is 235 Å². The number of likely N-dealkylation sites (tertiary alicyclic amines) is 1. The summed E-state index contributed by atoms with van der Waals surface area (Å²) in [7, 11) is 0. The van der Waals surface area contributed by atoms with Crippen LogP contribution in [0.5, 0.6) is 0 Å². The maximum Gasteiger partial charge on any atom is 0.418 e. The molecular formula is C31H41F3N4O2. The first kappa shape index (κ1) is 28.6. The van der Waals surface area contributed by atoms with E-state index in [-0.39, 0.29) is 35.8 Å². The van der Waals surface area contributed by atoms with E-state index >= 15 is 0 Å². The zero-order valence-electron chi connectivity index (χ0n) is 23.6. The Balaban J connectivity index is 1.03. The van der Waals surface area contributed by atoms with Gasteiger partial charge in [0.2, 0.25) is 5.91 Å². The molecule has 2 aromatic carbocycles. The number of halogens is 3. The van der Waals surface area contributed by atoms with E-state index in [2.05, 4.69) is 55.3 Å². The monoisotopic (exact) mass is 558 g/mol. The number of hydrogen-bond donors (Lipinski definition) is 2. The van der Waals surface area contributed by atoms with E-state index in [0.717, 1.165) is 57.9 Å². The smallest absolute Gasteiger partial charge is 0.398 e. The minimum absolute atomic E-state index is 0.00665. The van der Waals surface area contributed by atoms with Crippen molar-refractivity contribution in [3.05, 3.63) is 53.6 Å². The SMILES string of the molecule is CC(C)(C)c1ccc(N2CC3CN(C(=O)COC4CCC(Nc5ccc(N)c(C(F)(F)F)c5)CC4)CC3C2)cc1. The second kappa shape index (κ2) is 11.1. The number of nitrogens with two attached hydrogens (primary N) is 1. The number of carbonyl (C=O) groups excluding carboxylic acids is 1. The third-order valence-electron chi connectivity index (χ3n) is 8.78. The molecule has 1 aliphatic carbocycles. The molecule has 3 aliphatic rings. The molecule has 0 aromatic heterocycles. The highest BCUT2D eigenvalue weighted by molar-refractivity contribution is 5.78. The molecule has 40 heavy (non-hydrogen) atoms. The van der Waals surface area contributed by atoms with Crippen LogP contribution in [-0.4, -0.2) is 55.7 Å². The lowest BCUT2D eigenvalue weighted by Crippen LogP contribution is -2.37. The van der Waals surface area contributed by atoms with Crippen LogP contribution in [0.2, 0.25) is 0 Å². The van der Waals surface area contributed by atoms with Crippen molar-refractivity contribution in [1.82, 2.24) is 4.90 Å². The van der Waals surface area contributed by atoms with Crippen molar-refractivity contribution in [3.8, 4) is 0 Å². The van der Waals surface area contributed by atoms with Crippen molar-refractivity contribution >= 4 is 23.0 Å². The molecule has 5 rings (SSSR count). The molecule has 1 saturated carbocycles. The highest BCUT2D eigenvalue weighted by Crippen LogP contribution is 2.37. The molecule has 0 bridgehead atoms. The van der Waals surface area contributed by atoms with Crippen LogP contribution in [0, 0.1) is 11.8 Å². The summed E-state index contributed by atoms with van der Waals surface area (Å²) >= 11 is 0. The summed E-state index contributed by atoms with van der Waals surface area (Å²) in [5, 5.41) is 3.21. The Morgan fingerprint density at radius 1 is 0.950 bits per heavy atom. The number of nitrogen functional groups attached to an aromatic ring is 1. The lowest BCUT2D eigenvalue weighted by atomic mass is 9.87. The summed E-state index contributed by atoms with van der Waals surface area (Å²) in [6, 6.07) is 12.9. The molecule has 3 fully saturated rings. The molecule has 2 heterocycles. The molecule has 6 nitrogen and oxygen atoms in total. The Kier molecular flexibility index (Phi) is 7.97. The number of nitrogens with one attached hydrogen (secondary N) is 1. The van der Waals surface area contributed by atoms with Gasteiger partial charge in [-0.05, 0) is 67.0 Å². The number of amides is 1. The van der Waals surface area contributed by atoms with Gasteiger partial charge < -0.3 is 25.6 Å². The van der Waals surface area contributed by atoms with Crippen LogP contribution in [0.15, 0.2) is 42.5 Å². The number of ether oxygens (including phenoxy) is 1. The van der Waals surface area contributed by atoms with Gasteiger partial charge in [-0.15, -0.1) is 0 Å². The molecule has 218 valence electrons. The van der Waals surface area contributed by atoms with E-state index in [4.69, 9.17) is 10.5 Å². The first-order valence-electron chi connectivity index (χ1n) is 14.3. The lowest BCUT2D eigenvalue weighted by molar-refractivity contribution is -0.138. The summed E-state index contributed by atoms with van der Waals surface area (Å²) in [6.07, 6.45) is -1.42. The van der Waals surface area contributed by atoms with E-state index in [0.29, 0.717) is 17.5 Å². The third-order valence-corrected chi connectivity index (χ3v) is 8.78. The summed E-state index contributed by atoms with van der Waals surface area (Å²) in [5.74, 6) is 1.02. The van der Waals surface area contributed by atoms with E-state index in [1.807, 2.05) is 4.90 Å². The van der Waals surface area contributed by atoms with Crippen LogP contribution < -0.4 is 16.0 Å². The number of fused-ring (bicyclic) bond motifs is 1. The van der Waals surface area contributed by atoms with Gasteiger partial charge in [0.1, 0.15) is 6.61 Å². The van der Waals surface area contributed by atoms with Crippen molar-refractivity contribution in [2.45, 2.75) is 70.2 Å². The number of nitrogens with zero attached hydrogens (tertiary/aromatic N) is 2. The second-order valence-corrected chi connectivity index (χ2v) is 12.7. The minimum atomic E-state index is -4.48. The largest absolute Gasteiger partial charge is 0.418 e. The van der Waals surface area contributed by atoms with Gasteiger partial charge in [0.05, 0.1) is 11.7 Å². The molecule has 3 N–H and O–H groups in total. The van der Waals surface area contributed by atoms with E-state index in [9.17, 15) is 18.0 Å². The zero-order chi connectivity index (χ0) is 28.7. The fourth-order valence-electron chi connectivity index (χ4n) is 6.36. The summed E-state index contributed by atoms with van der Waals surface area (Å²) < 4.78 is 45.5. The number of benzene rings is 2. The van der Waals surface area contributed by atoms with Crippen LogP contribution in [0.1, 0.15) is 57.6 Å². The minimum Gasteiger partial charge on any atom is -0.398 e.